The molecule has 1 unspecified atom stereocenters. The van der Waals surface area contributed by atoms with E-state index in [-0.39, 0.29) is 18.4 Å². The maximum atomic E-state index is 13.0. The number of fused-ring (bicyclic) bond motifs is 1. The zero-order chi connectivity index (χ0) is 19.2. The van der Waals surface area contributed by atoms with E-state index in [0.717, 1.165) is 35.4 Å². The molecule has 3 rings (SSSR count). The summed E-state index contributed by atoms with van der Waals surface area (Å²) in [5, 5.41) is 2.89. The summed E-state index contributed by atoms with van der Waals surface area (Å²) in [6.07, 6.45) is 1.94. The second kappa shape index (κ2) is 8.62. The fraction of sp³-hybridized carbons (Fsp3) is 0.318. The van der Waals surface area contributed by atoms with Gasteiger partial charge >= 0.3 is 0 Å². The van der Waals surface area contributed by atoms with Gasteiger partial charge in [-0.3, -0.25) is 14.6 Å². The number of unbranched alkanes of at least 4 members (excludes halogenated alkanes) is 1. The molecule has 0 spiro atoms. The van der Waals surface area contributed by atoms with Gasteiger partial charge in [0.05, 0.1) is 11.4 Å². The van der Waals surface area contributed by atoms with E-state index in [1.165, 1.54) is 0 Å². The third kappa shape index (κ3) is 4.25. The molecule has 2 aromatic rings. The Hall–Kier alpha value is -2.95. The summed E-state index contributed by atoms with van der Waals surface area (Å²) < 4.78 is 0. The first-order chi connectivity index (χ1) is 13.1. The van der Waals surface area contributed by atoms with Crippen molar-refractivity contribution in [2.45, 2.75) is 32.7 Å². The minimum absolute atomic E-state index is 0.00148. The maximum Gasteiger partial charge on any atom is 0.252 e. The average molecular weight is 363 g/mol. The molecule has 2 aromatic carbocycles. The van der Waals surface area contributed by atoms with Crippen LogP contribution in [0.2, 0.25) is 0 Å². The van der Waals surface area contributed by atoms with Crippen molar-refractivity contribution in [2.24, 2.45) is 4.99 Å². The van der Waals surface area contributed by atoms with Gasteiger partial charge in [-0.25, -0.2) is 0 Å². The van der Waals surface area contributed by atoms with Gasteiger partial charge in [-0.2, -0.15) is 0 Å². The fourth-order valence-corrected chi connectivity index (χ4v) is 3.17. The number of amides is 2. The lowest BCUT2D eigenvalue weighted by atomic mass is 10.0. The van der Waals surface area contributed by atoms with Gasteiger partial charge in [0.25, 0.3) is 5.91 Å². The Morgan fingerprint density at radius 3 is 2.56 bits per heavy atom. The lowest BCUT2D eigenvalue weighted by Gasteiger charge is -2.23. The number of hydrogen-bond acceptors (Lipinski definition) is 3. The number of carbonyl (C=O) groups is 2. The van der Waals surface area contributed by atoms with E-state index >= 15 is 0 Å². The first-order valence-electron chi connectivity index (χ1n) is 9.42. The van der Waals surface area contributed by atoms with Crippen molar-refractivity contribution in [3.63, 3.8) is 0 Å². The molecule has 0 radical (unpaired) electrons. The Bertz CT molecular complexity index is 846. The second-order valence-electron chi connectivity index (χ2n) is 6.66. The van der Waals surface area contributed by atoms with Crippen LogP contribution in [0.3, 0.4) is 0 Å². The number of hydrogen-bond donors (Lipinski definition) is 1. The SMILES string of the molecule is CCCCNC(=O)CN1C(=O)C(C)N=C(c2ccccc2)c2ccccc21. The van der Waals surface area contributed by atoms with Crippen LogP contribution < -0.4 is 10.2 Å². The molecule has 27 heavy (non-hydrogen) atoms. The standard InChI is InChI=1S/C22H25N3O2/c1-3-4-14-23-20(26)15-25-19-13-9-8-12-18(19)21(24-16(2)22(25)27)17-10-6-5-7-11-17/h5-13,16H,3-4,14-15H2,1-2H3,(H,23,26). The topological polar surface area (TPSA) is 61.8 Å². The van der Waals surface area contributed by atoms with Gasteiger partial charge < -0.3 is 10.2 Å². The van der Waals surface area contributed by atoms with Gasteiger partial charge in [-0.15, -0.1) is 0 Å². The van der Waals surface area contributed by atoms with Gasteiger partial charge in [-0.1, -0.05) is 61.9 Å². The number of carbonyl (C=O) groups excluding carboxylic acids is 2. The largest absolute Gasteiger partial charge is 0.355 e. The van der Waals surface area contributed by atoms with Crippen molar-refractivity contribution in [1.29, 1.82) is 0 Å². The van der Waals surface area contributed by atoms with E-state index in [1.807, 2.05) is 54.6 Å². The van der Waals surface area contributed by atoms with Gasteiger partial charge in [0.1, 0.15) is 12.6 Å². The van der Waals surface area contributed by atoms with Crippen molar-refractivity contribution in [2.75, 3.05) is 18.0 Å². The minimum Gasteiger partial charge on any atom is -0.355 e. The molecule has 2 amide bonds. The smallest absolute Gasteiger partial charge is 0.252 e. The molecule has 0 aliphatic carbocycles. The number of rotatable bonds is 6. The lowest BCUT2D eigenvalue weighted by molar-refractivity contribution is -0.124. The number of anilines is 1. The number of aliphatic imine (C=N–C) groups is 1. The van der Waals surface area contributed by atoms with Crippen LogP contribution in [0.25, 0.3) is 0 Å². The van der Waals surface area contributed by atoms with Crippen molar-refractivity contribution < 1.29 is 9.59 Å². The average Bonchev–Trinajstić information content (AvgIpc) is 2.79. The van der Waals surface area contributed by atoms with E-state index in [4.69, 9.17) is 4.99 Å². The first kappa shape index (κ1) is 18.8. The highest BCUT2D eigenvalue weighted by molar-refractivity contribution is 6.20. The quantitative estimate of drug-likeness (QED) is 0.801. The summed E-state index contributed by atoms with van der Waals surface area (Å²) >= 11 is 0. The Kier molecular flexibility index (Phi) is 6.01. The zero-order valence-corrected chi connectivity index (χ0v) is 15.8. The highest BCUT2D eigenvalue weighted by Crippen LogP contribution is 2.28. The fourth-order valence-electron chi connectivity index (χ4n) is 3.17. The number of benzene rings is 2. The van der Waals surface area contributed by atoms with Gasteiger partial charge in [0, 0.05) is 17.7 Å². The molecule has 1 atom stereocenters. The number of para-hydroxylation sites is 1. The van der Waals surface area contributed by atoms with Crippen molar-refractivity contribution in [1.82, 2.24) is 5.32 Å². The van der Waals surface area contributed by atoms with Crippen LogP contribution in [0.5, 0.6) is 0 Å². The molecule has 1 heterocycles. The van der Waals surface area contributed by atoms with Crippen LogP contribution in [-0.4, -0.2) is 36.7 Å². The second-order valence-corrected chi connectivity index (χ2v) is 6.66. The Labute approximate surface area is 160 Å². The Balaban J connectivity index is 1.97. The van der Waals surface area contributed by atoms with Crippen LogP contribution >= 0.6 is 0 Å². The van der Waals surface area contributed by atoms with E-state index in [1.54, 1.807) is 11.8 Å². The predicted molar refractivity (Wildman–Crippen MR) is 108 cm³/mol. The molecule has 1 N–H and O–H groups in total. The monoisotopic (exact) mass is 363 g/mol. The summed E-state index contributed by atoms with van der Waals surface area (Å²) in [4.78, 5) is 31.6. The normalized spacial score (nSPS) is 16.4. The molecule has 5 heteroatoms. The molecule has 1 aliphatic rings. The summed E-state index contributed by atoms with van der Waals surface area (Å²) in [5.41, 5.74) is 3.32. The van der Waals surface area contributed by atoms with Crippen LogP contribution in [0.1, 0.15) is 37.8 Å². The summed E-state index contributed by atoms with van der Waals surface area (Å²) in [7, 11) is 0. The third-order valence-electron chi connectivity index (χ3n) is 4.60. The molecule has 0 fully saturated rings. The Morgan fingerprint density at radius 1 is 1.11 bits per heavy atom. The van der Waals surface area contributed by atoms with Crippen molar-refractivity contribution >= 4 is 23.2 Å². The molecule has 0 saturated carbocycles. The summed E-state index contributed by atoms with van der Waals surface area (Å²) in [6.45, 7) is 4.48. The van der Waals surface area contributed by atoms with Gasteiger partial charge in [0.2, 0.25) is 5.91 Å². The van der Waals surface area contributed by atoms with Crippen molar-refractivity contribution in [3.05, 3.63) is 65.7 Å². The first-order valence-corrected chi connectivity index (χ1v) is 9.42. The molecule has 5 nitrogen and oxygen atoms in total. The van der Waals surface area contributed by atoms with Gasteiger partial charge in [0.15, 0.2) is 0 Å². The molecule has 0 saturated heterocycles. The van der Waals surface area contributed by atoms with E-state index in [9.17, 15) is 9.59 Å². The third-order valence-corrected chi connectivity index (χ3v) is 4.60. The molecule has 0 aromatic heterocycles. The Morgan fingerprint density at radius 2 is 1.81 bits per heavy atom. The number of nitrogens with zero attached hydrogens (tertiary/aromatic N) is 2. The van der Waals surface area contributed by atoms with Crippen LogP contribution in [0.15, 0.2) is 59.6 Å². The van der Waals surface area contributed by atoms with E-state index < -0.39 is 6.04 Å². The summed E-state index contributed by atoms with van der Waals surface area (Å²) in [5.74, 6) is -0.319. The van der Waals surface area contributed by atoms with E-state index in [0.29, 0.717) is 6.54 Å². The number of benzodiazepines with no additional fused rings is 1. The maximum absolute atomic E-state index is 13.0. The van der Waals surface area contributed by atoms with Crippen LogP contribution in [0.4, 0.5) is 5.69 Å². The van der Waals surface area contributed by atoms with Crippen molar-refractivity contribution in [3.8, 4) is 0 Å². The molecule has 0 bridgehead atoms. The molecular weight excluding hydrogens is 338 g/mol. The minimum atomic E-state index is -0.559. The van der Waals surface area contributed by atoms with Gasteiger partial charge in [-0.05, 0) is 19.4 Å². The number of nitrogens with one attached hydrogen (secondary N) is 1. The highest BCUT2D eigenvalue weighted by Gasteiger charge is 2.30. The molecule has 1 aliphatic heterocycles. The molecular formula is C22H25N3O2. The van der Waals surface area contributed by atoms with E-state index in [2.05, 4.69) is 12.2 Å². The highest BCUT2D eigenvalue weighted by atomic mass is 16.2. The van der Waals surface area contributed by atoms with Crippen LogP contribution in [-0.2, 0) is 9.59 Å². The lowest BCUT2D eigenvalue weighted by Crippen LogP contribution is -2.44. The van der Waals surface area contributed by atoms with Crippen LogP contribution in [0, 0.1) is 0 Å². The zero-order valence-electron chi connectivity index (χ0n) is 15.8. The predicted octanol–water partition coefficient (Wildman–Crippen LogP) is 3.18. The summed E-state index contributed by atoms with van der Waals surface area (Å²) in [6, 6.07) is 16.9. The molecule has 140 valence electrons.